The zero-order valence-corrected chi connectivity index (χ0v) is 17.0. The van der Waals surface area contributed by atoms with E-state index in [9.17, 15) is 14.4 Å². The molecule has 1 amide bonds. The van der Waals surface area contributed by atoms with E-state index in [0.717, 1.165) is 0 Å². The molecule has 4 rings (SSSR count). The number of para-hydroxylation sites is 1. The molecule has 2 aromatic carbocycles. The van der Waals surface area contributed by atoms with Crippen molar-refractivity contribution in [2.45, 2.75) is 6.54 Å². The Morgan fingerprint density at radius 1 is 1.16 bits per heavy atom. The van der Waals surface area contributed by atoms with Gasteiger partial charge >= 0.3 is 0 Å². The van der Waals surface area contributed by atoms with Crippen molar-refractivity contribution in [1.82, 2.24) is 14.5 Å². The maximum atomic E-state index is 12.8. The number of anilines is 1. The Morgan fingerprint density at radius 3 is 2.77 bits per heavy atom. The van der Waals surface area contributed by atoms with Crippen LogP contribution in [0.5, 0.6) is 5.75 Å². The maximum Gasteiger partial charge on any atom is 0.261 e. The lowest BCUT2D eigenvalue weighted by Crippen LogP contribution is -2.23. The van der Waals surface area contributed by atoms with E-state index < -0.39 is 11.3 Å². The first-order chi connectivity index (χ1) is 15.0. The largest absolute Gasteiger partial charge is 0.495 e. The Morgan fingerprint density at radius 2 is 2.00 bits per heavy atom. The first-order valence-electron chi connectivity index (χ1n) is 9.51. The standard InChI is InChI=1S/C22H20N4O5/c1-30-9-8-26-12-24-17-7-6-13(10-15(17)22(26)29)25-21(28)16-11-23-19-14(20(16)27)4-3-5-18(19)31-2/h3-7,10-12H,8-9H2,1-2H3,(H,23,27)(H,25,28). The number of benzene rings is 2. The number of hydrogen-bond acceptors (Lipinski definition) is 6. The van der Waals surface area contributed by atoms with Crippen molar-refractivity contribution in [3.8, 4) is 5.75 Å². The predicted molar refractivity (Wildman–Crippen MR) is 117 cm³/mol. The second-order valence-electron chi connectivity index (χ2n) is 6.84. The van der Waals surface area contributed by atoms with Crippen molar-refractivity contribution in [3.05, 3.63) is 75.1 Å². The number of pyridine rings is 1. The number of hydrogen-bond donors (Lipinski definition) is 2. The highest BCUT2D eigenvalue weighted by Crippen LogP contribution is 2.21. The molecular weight excluding hydrogens is 400 g/mol. The summed E-state index contributed by atoms with van der Waals surface area (Å²) in [5.74, 6) is -0.0812. The van der Waals surface area contributed by atoms with Crippen molar-refractivity contribution in [1.29, 1.82) is 0 Å². The van der Waals surface area contributed by atoms with E-state index in [1.54, 1.807) is 43.5 Å². The maximum absolute atomic E-state index is 12.8. The van der Waals surface area contributed by atoms with E-state index in [0.29, 0.717) is 46.4 Å². The smallest absolute Gasteiger partial charge is 0.261 e. The van der Waals surface area contributed by atoms with Crippen LogP contribution in [0.25, 0.3) is 21.8 Å². The van der Waals surface area contributed by atoms with Gasteiger partial charge in [-0.2, -0.15) is 0 Å². The number of amides is 1. The summed E-state index contributed by atoms with van der Waals surface area (Å²) in [5.41, 5.74) is 0.686. The van der Waals surface area contributed by atoms with Crippen LogP contribution in [0, 0.1) is 0 Å². The summed E-state index contributed by atoms with van der Waals surface area (Å²) in [7, 11) is 3.06. The van der Waals surface area contributed by atoms with Gasteiger partial charge in [-0.1, -0.05) is 6.07 Å². The summed E-state index contributed by atoms with van der Waals surface area (Å²) in [6.07, 6.45) is 2.81. The first kappa shape index (κ1) is 20.3. The van der Waals surface area contributed by atoms with Gasteiger partial charge in [-0.15, -0.1) is 0 Å². The highest BCUT2D eigenvalue weighted by atomic mass is 16.5. The number of H-pyrrole nitrogens is 1. The van der Waals surface area contributed by atoms with Crippen LogP contribution >= 0.6 is 0 Å². The van der Waals surface area contributed by atoms with E-state index in [1.807, 2.05) is 0 Å². The number of aromatic nitrogens is 3. The van der Waals surface area contributed by atoms with Crippen LogP contribution in [0.15, 0.2) is 58.5 Å². The molecular formula is C22H20N4O5. The van der Waals surface area contributed by atoms with Gasteiger partial charge in [-0.3, -0.25) is 19.0 Å². The molecule has 2 heterocycles. The normalized spacial score (nSPS) is 11.0. The highest BCUT2D eigenvalue weighted by Gasteiger charge is 2.15. The molecule has 0 unspecified atom stereocenters. The lowest BCUT2D eigenvalue weighted by Gasteiger charge is -2.09. The average Bonchev–Trinajstić information content (AvgIpc) is 2.79. The van der Waals surface area contributed by atoms with Crippen LogP contribution in [0.1, 0.15) is 10.4 Å². The molecule has 0 spiro atoms. The number of carbonyl (C=O) groups is 1. The van der Waals surface area contributed by atoms with Crippen molar-refractivity contribution in [2.75, 3.05) is 26.1 Å². The molecule has 0 aliphatic heterocycles. The molecule has 2 aromatic heterocycles. The summed E-state index contributed by atoms with van der Waals surface area (Å²) < 4.78 is 11.7. The number of aromatic amines is 1. The molecule has 0 saturated carbocycles. The van der Waals surface area contributed by atoms with E-state index >= 15 is 0 Å². The second kappa shape index (κ2) is 8.41. The fourth-order valence-corrected chi connectivity index (χ4v) is 3.35. The summed E-state index contributed by atoms with van der Waals surface area (Å²) in [4.78, 5) is 45.5. The van der Waals surface area contributed by atoms with Crippen molar-refractivity contribution in [2.24, 2.45) is 0 Å². The van der Waals surface area contributed by atoms with Gasteiger partial charge in [-0.25, -0.2) is 4.98 Å². The summed E-state index contributed by atoms with van der Waals surface area (Å²) in [5, 5.41) is 3.38. The number of methoxy groups -OCH3 is 2. The van der Waals surface area contributed by atoms with Crippen molar-refractivity contribution >= 4 is 33.4 Å². The van der Waals surface area contributed by atoms with Gasteiger partial charge in [0.25, 0.3) is 11.5 Å². The molecule has 0 bridgehead atoms. The third kappa shape index (κ3) is 3.78. The van der Waals surface area contributed by atoms with Crippen LogP contribution in [-0.2, 0) is 11.3 Å². The molecule has 31 heavy (non-hydrogen) atoms. The van der Waals surface area contributed by atoms with Crippen LogP contribution in [-0.4, -0.2) is 41.3 Å². The minimum Gasteiger partial charge on any atom is -0.495 e. The van der Waals surface area contributed by atoms with Crippen LogP contribution in [0.4, 0.5) is 5.69 Å². The zero-order chi connectivity index (χ0) is 22.0. The molecule has 9 heteroatoms. The van der Waals surface area contributed by atoms with Crippen molar-refractivity contribution in [3.63, 3.8) is 0 Å². The van der Waals surface area contributed by atoms with Gasteiger partial charge < -0.3 is 19.8 Å². The van der Waals surface area contributed by atoms with E-state index in [-0.39, 0.29) is 11.1 Å². The molecule has 0 radical (unpaired) electrons. The predicted octanol–water partition coefficient (Wildman–Crippen LogP) is 2.15. The van der Waals surface area contributed by atoms with Gasteiger partial charge in [0.05, 0.1) is 48.4 Å². The van der Waals surface area contributed by atoms with Crippen LogP contribution < -0.4 is 21.0 Å². The van der Waals surface area contributed by atoms with Crippen LogP contribution in [0.3, 0.4) is 0 Å². The molecule has 2 N–H and O–H groups in total. The monoisotopic (exact) mass is 420 g/mol. The lowest BCUT2D eigenvalue weighted by molar-refractivity contribution is 0.102. The van der Waals surface area contributed by atoms with E-state index in [4.69, 9.17) is 9.47 Å². The first-order valence-corrected chi connectivity index (χ1v) is 9.51. The third-order valence-corrected chi connectivity index (χ3v) is 4.96. The molecule has 9 nitrogen and oxygen atoms in total. The summed E-state index contributed by atoms with van der Waals surface area (Å²) >= 11 is 0. The minimum atomic E-state index is -0.589. The summed E-state index contributed by atoms with van der Waals surface area (Å²) in [6, 6.07) is 9.85. The Bertz CT molecular complexity index is 1410. The van der Waals surface area contributed by atoms with Gasteiger partial charge in [0.15, 0.2) is 0 Å². The van der Waals surface area contributed by atoms with Crippen molar-refractivity contribution < 1.29 is 14.3 Å². The van der Waals surface area contributed by atoms with Crippen LogP contribution in [0.2, 0.25) is 0 Å². The highest BCUT2D eigenvalue weighted by molar-refractivity contribution is 6.06. The molecule has 0 atom stereocenters. The quantitative estimate of drug-likeness (QED) is 0.494. The number of nitrogens with one attached hydrogen (secondary N) is 2. The van der Waals surface area contributed by atoms with E-state index in [1.165, 1.54) is 24.2 Å². The van der Waals surface area contributed by atoms with Gasteiger partial charge in [0.2, 0.25) is 5.43 Å². The number of carbonyl (C=O) groups excluding carboxylic acids is 1. The van der Waals surface area contributed by atoms with E-state index in [2.05, 4.69) is 15.3 Å². The minimum absolute atomic E-state index is 0.0513. The number of ether oxygens (including phenoxy) is 2. The van der Waals surface area contributed by atoms with Gasteiger partial charge in [0.1, 0.15) is 11.3 Å². The molecule has 0 aliphatic carbocycles. The number of rotatable bonds is 6. The Kier molecular flexibility index (Phi) is 5.50. The fourth-order valence-electron chi connectivity index (χ4n) is 3.35. The second-order valence-corrected chi connectivity index (χ2v) is 6.84. The Labute approximate surface area is 176 Å². The number of nitrogens with zero attached hydrogens (tertiary/aromatic N) is 2. The zero-order valence-electron chi connectivity index (χ0n) is 17.0. The Balaban J connectivity index is 1.68. The lowest BCUT2D eigenvalue weighted by atomic mass is 10.1. The van der Waals surface area contributed by atoms with Gasteiger partial charge in [0, 0.05) is 19.0 Å². The molecule has 0 saturated heterocycles. The summed E-state index contributed by atoms with van der Waals surface area (Å²) in [6.45, 7) is 0.740. The molecule has 4 aromatic rings. The topological polar surface area (TPSA) is 115 Å². The van der Waals surface area contributed by atoms with Gasteiger partial charge in [-0.05, 0) is 30.3 Å². The fraction of sp³-hybridized carbons (Fsp3) is 0.182. The Hall–Kier alpha value is -3.98. The molecule has 0 aliphatic rings. The molecule has 0 fully saturated rings. The average molecular weight is 420 g/mol. The third-order valence-electron chi connectivity index (χ3n) is 4.96. The number of fused-ring (bicyclic) bond motifs is 2. The SMILES string of the molecule is COCCn1cnc2ccc(NC(=O)c3c[nH]c4c(OC)cccc4c3=O)cc2c1=O. The molecule has 158 valence electrons.